The van der Waals surface area contributed by atoms with Gasteiger partial charge in [-0.2, -0.15) is 0 Å². The minimum atomic E-state index is -0.387. The minimum absolute atomic E-state index is 0.00262. The molecule has 2 rings (SSSR count). The van der Waals surface area contributed by atoms with Crippen LogP contribution in [-0.4, -0.2) is 18.5 Å². The van der Waals surface area contributed by atoms with Crippen LogP contribution in [0, 0.1) is 5.92 Å². The maximum atomic E-state index is 11.9. The Morgan fingerprint density at radius 3 is 2.63 bits per heavy atom. The van der Waals surface area contributed by atoms with Crippen LogP contribution in [0.2, 0.25) is 0 Å². The van der Waals surface area contributed by atoms with Crippen LogP contribution in [0.1, 0.15) is 37.7 Å². The maximum Gasteiger partial charge on any atom is 0.236 e. The van der Waals surface area contributed by atoms with Crippen LogP contribution < -0.4 is 11.1 Å². The summed E-state index contributed by atoms with van der Waals surface area (Å²) in [6.07, 6.45) is 6.68. The summed E-state index contributed by atoms with van der Waals surface area (Å²) in [6, 6.07) is 9.79. The molecule has 1 fully saturated rings. The minimum Gasteiger partial charge on any atom is -0.354 e. The molecule has 19 heavy (non-hydrogen) atoms. The zero-order valence-corrected chi connectivity index (χ0v) is 11.5. The number of hydrogen-bond donors (Lipinski definition) is 2. The van der Waals surface area contributed by atoms with Crippen molar-refractivity contribution in [1.29, 1.82) is 0 Å². The second-order valence-electron chi connectivity index (χ2n) is 5.53. The molecule has 3 heteroatoms. The predicted molar refractivity (Wildman–Crippen MR) is 77.7 cm³/mol. The van der Waals surface area contributed by atoms with Gasteiger partial charge >= 0.3 is 0 Å². The lowest BCUT2D eigenvalue weighted by atomic mass is 10.0. The van der Waals surface area contributed by atoms with Crippen molar-refractivity contribution in [3.8, 4) is 0 Å². The third kappa shape index (κ3) is 4.67. The third-order valence-corrected chi connectivity index (χ3v) is 3.96. The van der Waals surface area contributed by atoms with Gasteiger partial charge in [0.1, 0.15) is 0 Å². The van der Waals surface area contributed by atoms with E-state index in [9.17, 15) is 4.79 Å². The van der Waals surface area contributed by atoms with E-state index in [0.717, 1.165) is 13.0 Å². The van der Waals surface area contributed by atoms with Crippen molar-refractivity contribution in [2.24, 2.45) is 11.7 Å². The highest BCUT2D eigenvalue weighted by molar-refractivity contribution is 5.81. The summed E-state index contributed by atoms with van der Waals surface area (Å²) in [5.41, 5.74) is 7.18. The monoisotopic (exact) mass is 260 g/mol. The van der Waals surface area contributed by atoms with E-state index in [2.05, 4.69) is 17.4 Å². The summed E-state index contributed by atoms with van der Waals surface area (Å²) in [7, 11) is 0. The zero-order valence-electron chi connectivity index (χ0n) is 11.5. The van der Waals surface area contributed by atoms with E-state index in [1.54, 1.807) is 0 Å². The summed E-state index contributed by atoms with van der Waals surface area (Å²) < 4.78 is 0. The second kappa shape index (κ2) is 7.29. The number of benzene rings is 1. The molecule has 1 amide bonds. The molecule has 0 unspecified atom stereocenters. The van der Waals surface area contributed by atoms with Crippen LogP contribution in [0.25, 0.3) is 0 Å². The van der Waals surface area contributed by atoms with Gasteiger partial charge in [0.05, 0.1) is 6.04 Å². The van der Waals surface area contributed by atoms with E-state index in [1.165, 1.54) is 31.2 Å². The number of rotatable bonds is 6. The van der Waals surface area contributed by atoms with Crippen molar-refractivity contribution >= 4 is 5.91 Å². The molecule has 3 nitrogen and oxygen atoms in total. The van der Waals surface area contributed by atoms with E-state index < -0.39 is 0 Å². The number of nitrogens with one attached hydrogen (secondary N) is 1. The van der Waals surface area contributed by atoms with Gasteiger partial charge in [0, 0.05) is 6.54 Å². The van der Waals surface area contributed by atoms with Crippen LogP contribution in [0.4, 0.5) is 0 Å². The van der Waals surface area contributed by atoms with E-state index >= 15 is 0 Å². The topological polar surface area (TPSA) is 55.1 Å². The first-order valence-corrected chi connectivity index (χ1v) is 7.33. The molecule has 104 valence electrons. The van der Waals surface area contributed by atoms with Gasteiger partial charge in [-0.15, -0.1) is 0 Å². The number of nitrogens with two attached hydrogens (primary N) is 1. The molecule has 1 aliphatic carbocycles. The Labute approximate surface area is 115 Å². The smallest absolute Gasteiger partial charge is 0.236 e. The standard InChI is InChI=1S/C16H24N2O/c17-15(11-10-13-6-2-1-3-7-13)16(19)18-12-14-8-4-5-9-14/h1-3,6-7,14-15H,4-5,8-12,17H2,(H,18,19)/t15-/m0/s1. The number of aryl methyl sites for hydroxylation is 1. The molecular formula is C16H24N2O. The van der Waals surface area contributed by atoms with Gasteiger partial charge in [-0.25, -0.2) is 0 Å². The highest BCUT2D eigenvalue weighted by atomic mass is 16.2. The lowest BCUT2D eigenvalue weighted by Crippen LogP contribution is -2.42. The van der Waals surface area contributed by atoms with E-state index in [1.807, 2.05) is 18.2 Å². The van der Waals surface area contributed by atoms with Crippen molar-refractivity contribution in [1.82, 2.24) is 5.32 Å². The molecule has 0 aliphatic heterocycles. The molecule has 1 saturated carbocycles. The molecular weight excluding hydrogens is 236 g/mol. The Bertz CT molecular complexity index is 385. The summed E-state index contributed by atoms with van der Waals surface area (Å²) >= 11 is 0. The van der Waals surface area contributed by atoms with Gasteiger partial charge < -0.3 is 11.1 Å². The van der Waals surface area contributed by atoms with Crippen molar-refractivity contribution in [2.45, 2.75) is 44.6 Å². The Kier molecular flexibility index (Phi) is 5.40. The number of amides is 1. The fourth-order valence-corrected chi connectivity index (χ4v) is 2.69. The first kappa shape index (κ1) is 14.1. The maximum absolute atomic E-state index is 11.9. The average Bonchev–Trinajstić information content (AvgIpc) is 2.96. The molecule has 1 aromatic carbocycles. The van der Waals surface area contributed by atoms with Gasteiger partial charge in [-0.3, -0.25) is 4.79 Å². The number of hydrogen-bond acceptors (Lipinski definition) is 2. The fraction of sp³-hybridized carbons (Fsp3) is 0.562. The first-order chi connectivity index (χ1) is 9.25. The Morgan fingerprint density at radius 1 is 1.26 bits per heavy atom. The van der Waals surface area contributed by atoms with Crippen LogP contribution in [0.5, 0.6) is 0 Å². The first-order valence-electron chi connectivity index (χ1n) is 7.33. The SMILES string of the molecule is N[C@@H](CCc1ccccc1)C(=O)NCC1CCCC1. The molecule has 0 saturated heterocycles. The zero-order chi connectivity index (χ0) is 13.5. The van der Waals surface area contributed by atoms with Crippen molar-refractivity contribution in [3.05, 3.63) is 35.9 Å². The molecule has 3 N–H and O–H groups in total. The van der Waals surface area contributed by atoms with Crippen molar-refractivity contribution < 1.29 is 4.79 Å². The lowest BCUT2D eigenvalue weighted by molar-refractivity contribution is -0.122. The Balaban J connectivity index is 1.67. The normalized spacial score (nSPS) is 17.3. The summed E-state index contributed by atoms with van der Waals surface area (Å²) in [6.45, 7) is 0.803. The van der Waals surface area contributed by atoms with Crippen molar-refractivity contribution in [2.75, 3.05) is 6.54 Å². The quantitative estimate of drug-likeness (QED) is 0.824. The van der Waals surface area contributed by atoms with E-state index in [4.69, 9.17) is 5.73 Å². The lowest BCUT2D eigenvalue weighted by Gasteiger charge is -2.15. The van der Waals surface area contributed by atoms with Crippen LogP contribution >= 0.6 is 0 Å². The largest absolute Gasteiger partial charge is 0.354 e. The van der Waals surface area contributed by atoms with Crippen LogP contribution in [0.3, 0.4) is 0 Å². The molecule has 0 radical (unpaired) electrons. The summed E-state index contributed by atoms with van der Waals surface area (Å²) in [5, 5.41) is 3.00. The molecule has 1 atom stereocenters. The van der Waals surface area contributed by atoms with E-state index in [0.29, 0.717) is 12.3 Å². The molecule has 0 heterocycles. The van der Waals surface area contributed by atoms with Gasteiger partial charge in [-0.05, 0) is 37.2 Å². The van der Waals surface area contributed by atoms with E-state index in [-0.39, 0.29) is 11.9 Å². The third-order valence-electron chi connectivity index (χ3n) is 3.96. The van der Waals surface area contributed by atoms with Gasteiger partial charge in [0.25, 0.3) is 0 Å². The number of carbonyl (C=O) groups excluding carboxylic acids is 1. The molecule has 0 spiro atoms. The Morgan fingerprint density at radius 2 is 1.95 bits per heavy atom. The van der Waals surface area contributed by atoms with Crippen LogP contribution in [-0.2, 0) is 11.2 Å². The molecule has 0 aromatic heterocycles. The Hall–Kier alpha value is -1.35. The van der Waals surface area contributed by atoms with Gasteiger partial charge in [-0.1, -0.05) is 43.2 Å². The fourth-order valence-electron chi connectivity index (χ4n) is 2.69. The highest BCUT2D eigenvalue weighted by Crippen LogP contribution is 2.23. The highest BCUT2D eigenvalue weighted by Gasteiger charge is 2.18. The predicted octanol–water partition coefficient (Wildman–Crippen LogP) is 2.25. The van der Waals surface area contributed by atoms with Crippen molar-refractivity contribution in [3.63, 3.8) is 0 Å². The number of carbonyl (C=O) groups is 1. The molecule has 1 aromatic rings. The van der Waals surface area contributed by atoms with Gasteiger partial charge in [0.15, 0.2) is 0 Å². The van der Waals surface area contributed by atoms with Gasteiger partial charge in [0.2, 0.25) is 5.91 Å². The average molecular weight is 260 g/mol. The summed E-state index contributed by atoms with van der Waals surface area (Å²) in [5.74, 6) is 0.674. The summed E-state index contributed by atoms with van der Waals surface area (Å²) in [4.78, 5) is 11.9. The molecule has 1 aliphatic rings. The second-order valence-corrected chi connectivity index (χ2v) is 5.53. The van der Waals surface area contributed by atoms with Crippen LogP contribution in [0.15, 0.2) is 30.3 Å². The molecule has 0 bridgehead atoms.